The number of rotatable bonds is 5. The fourth-order valence-corrected chi connectivity index (χ4v) is 1.21. The number of aryl methyl sites for hydroxylation is 1. The minimum atomic E-state index is 0.0151. The zero-order valence-electron chi connectivity index (χ0n) is 9.25. The number of hydrogen-bond donors (Lipinski definition) is 2. The number of nitrogens with two attached hydrogens (primary N) is 1. The fourth-order valence-electron chi connectivity index (χ4n) is 1.21. The summed E-state index contributed by atoms with van der Waals surface area (Å²) in [5, 5.41) is 2.78. The van der Waals surface area contributed by atoms with Crippen molar-refractivity contribution in [2.75, 3.05) is 0 Å². The first-order valence-electron chi connectivity index (χ1n) is 5.15. The summed E-state index contributed by atoms with van der Waals surface area (Å²) in [6, 6.07) is 3.81. The average Bonchev–Trinajstić information content (AvgIpc) is 2.58. The lowest BCUT2D eigenvalue weighted by Crippen LogP contribution is -2.25. The van der Waals surface area contributed by atoms with Crippen LogP contribution in [0.25, 0.3) is 0 Å². The van der Waals surface area contributed by atoms with Gasteiger partial charge in [0, 0.05) is 12.5 Å². The fraction of sp³-hybridized carbons (Fsp3) is 0.545. The maximum Gasteiger partial charge on any atom is 0.220 e. The molecule has 0 saturated heterocycles. The molecule has 0 fully saturated rings. The van der Waals surface area contributed by atoms with Crippen molar-refractivity contribution in [3.8, 4) is 0 Å². The van der Waals surface area contributed by atoms with E-state index in [1.54, 1.807) is 0 Å². The molecule has 4 nitrogen and oxygen atoms in total. The number of furan rings is 1. The van der Waals surface area contributed by atoms with E-state index in [9.17, 15) is 4.79 Å². The molecule has 1 atom stereocenters. The highest BCUT2D eigenvalue weighted by atomic mass is 16.3. The Morgan fingerprint density at radius 2 is 2.33 bits per heavy atom. The number of hydrogen-bond acceptors (Lipinski definition) is 3. The highest BCUT2D eigenvalue weighted by Crippen LogP contribution is 2.05. The standard InChI is InChI=1S/C11H18N2O2/c1-8(12)3-6-11(14)13-7-10-5-4-9(2)15-10/h4-5,8H,3,6-7,12H2,1-2H3,(H,13,14). The normalized spacial score (nSPS) is 12.5. The van der Waals surface area contributed by atoms with Gasteiger partial charge in [-0.1, -0.05) is 0 Å². The van der Waals surface area contributed by atoms with Gasteiger partial charge in [0.2, 0.25) is 5.91 Å². The Kier molecular flexibility index (Phi) is 4.37. The topological polar surface area (TPSA) is 68.3 Å². The first-order valence-corrected chi connectivity index (χ1v) is 5.15. The third-order valence-electron chi connectivity index (χ3n) is 2.08. The molecular weight excluding hydrogens is 192 g/mol. The maximum absolute atomic E-state index is 11.3. The molecule has 1 heterocycles. The van der Waals surface area contributed by atoms with Crippen LogP contribution in [0.5, 0.6) is 0 Å². The lowest BCUT2D eigenvalue weighted by atomic mass is 10.2. The largest absolute Gasteiger partial charge is 0.465 e. The van der Waals surface area contributed by atoms with Gasteiger partial charge in [0.15, 0.2) is 0 Å². The van der Waals surface area contributed by atoms with Crippen molar-refractivity contribution in [2.45, 2.75) is 39.3 Å². The highest BCUT2D eigenvalue weighted by Gasteiger charge is 2.04. The summed E-state index contributed by atoms with van der Waals surface area (Å²) in [5.41, 5.74) is 5.55. The van der Waals surface area contributed by atoms with Gasteiger partial charge in [-0.25, -0.2) is 0 Å². The predicted octanol–water partition coefficient (Wildman–Crippen LogP) is 1.33. The lowest BCUT2D eigenvalue weighted by Gasteiger charge is -2.05. The van der Waals surface area contributed by atoms with Gasteiger partial charge in [-0.3, -0.25) is 4.79 Å². The lowest BCUT2D eigenvalue weighted by molar-refractivity contribution is -0.121. The van der Waals surface area contributed by atoms with Crippen molar-refractivity contribution >= 4 is 5.91 Å². The molecule has 0 aromatic carbocycles. The smallest absolute Gasteiger partial charge is 0.220 e. The maximum atomic E-state index is 11.3. The molecule has 1 aromatic heterocycles. The molecule has 84 valence electrons. The third-order valence-corrected chi connectivity index (χ3v) is 2.08. The van der Waals surface area contributed by atoms with Crippen molar-refractivity contribution in [1.29, 1.82) is 0 Å². The third kappa shape index (κ3) is 4.65. The molecule has 1 rings (SSSR count). The van der Waals surface area contributed by atoms with Gasteiger partial charge in [-0.2, -0.15) is 0 Å². The van der Waals surface area contributed by atoms with Crippen LogP contribution in [0, 0.1) is 6.92 Å². The molecule has 15 heavy (non-hydrogen) atoms. The second kappa shape index (κ2) is 5.56. The second-order valence-corrected chi connectivity index (χ2v) is 3.81. The Morgan fingerprint density at radius 1 is 1.60 bits per heavy atom. The Morgan fingerprint density at radius 3 is 2.87 bits per heavy atom. The minimum Gasteiger partial charge on any atom is -0.465 e. The van der Waals surface area contributed by atoms with Gasteiger partial charge < -0.3 is 15.5 Å². The SMILES string of the molecule is Cc1ccc(CNC(=O)CCC(C)N)o1. The molecule has 0 aliphatic heterocycles. The van der Waals surface area contributed by atoms with E-state index in [0.29, 0.717) is 19.4 Å². The van der Waals surface area contributed by atoms with Gasteiger partial charge in [-0.05, 0) is 32.4 Å². The zero-order valence-corrected chi connectivity index (χ0v) is 9.25. The quantitative estimate of drug-likeness (QED) is 0.770. The first-order chi connectivity index (χ1) is 7.08. The van der Waals surface area contributed by atoms with E-state index in [-0.39, 0.29) is 11.9 Å². The summed E-state index contributed by atoms with van der Waals surface area (Å²) in [6.45, 7) is 4.22. The van der Waals surface area contributed by atoms with Crippen molar-refractivity contribution < 1.29 is 9.21 Å². The molecule has 4 heteroatoms. The van der Waals surface area contributed by atoms with Gasteiger partial charge >= 0.3 is 0 Å². The predicted molar refractivity (Wildman–Crippen MR) is 58.2 cm³/mol. The van der Waals surface area contributed by atoms with Crippen LogP contribution < -0.4 is 11.1 Å². The Hall–Kier alpha value is -1.29. The Labute approximate surface area is 89.8 Å². The summed E-state index contributed by atoms with van der Waals surface area (Å²) in [5.74, 6) is 1.65. The molecule has 0 aliphatic rings. The second-order valence-electron chi connectivity index (χ2n) is 3.81. The van der Waals surface area contributed by atoms with Crippen LogP contribution in [0.3, 0.4) is 0 Å². The monoisotopic (exact) mass is 210 g/mol. The number of carbonyl (C=O) groups excluding carboxylic acids is 1. The molecule has 0 aliphatic carbocycles. The molecule has 0 bridgehead atoms. The van der Waals surface area contributed by atoms with Crippen LogP contribution in [0.1, 0.15) is 31.3 Å². The summed E-state index contributed by atoms with van der Waals surface area (Å²) in [7, 11) is 0. The van der Waals surface area contributed by atoms with E-state index in [4.69, 9.17) is 10.2 Å². The van der Waals surface area contributed by atoms with Gasteiger partial charge in [0.1, 0.15) is 11.5 Å². The summed E-state index contributed by atoms with van der Waals surface area (Å²) < 4.78 is 5.32. The van der Waals surface area contributed by atoms with Gasteiger partial charge in [0.05, 0.1) is 6.54 Å². The average molecular weight is 210 g/mol. The molecular formula is C11H18N2O2. The summed E-state index contributed by atoms with van der Waals surface area (Å²) in [6.07, 6.45) is 1.18. The van der Waals surface area contributed by atoms with Crippen LogP contribution in [0.4, 0.5) is 0 Å². The van der Waals surface area contributed by atoms with Crippen LogP contribution in [0.15, 0.2) is 16.5 Å². The Bertz CT molecular complexity index is 318. The molecule has 0 radical (unpaired) electrons. The van der Waals surface area contributed by atoms with E-state index < -0.39 is 0 Å². The molecule has 3 N–H and O–H groups in total. The molecule has 0 saturated carbocycles. The van der Waals surface area contributed by atoms with Crippen LogP contribution in [-0.4, -0.2) is 11.9 Å². The van der Waals surface area contributed by atoms with Crippen LogP contribution >= 0.6 is 0 Å². The van der Waals surface area contributed by atoms with Crippen molar-refractivity contribution in [3.05, 3.63) is 23.7 Å². The highest BCUT2D eigenvalue weighted by molar-refractivity contribution is 5.75. The number of carbonyl (C=O) groups is 1. The van der Waals surface area contributed by atoms with E-state index in [0.717, 1.165) is 11.5 Å². The van der Waals surface area contributed by atoms with Crippen LogP contribution in [-0.2, 0) is 11.3 Å². The molecule has 1 unspecified atom stereocenters. The molecule has 1 amide bonds. The summed E-state index contributed by atoms with van der Waals surface area (Å²) >= 11 is 0. The van der Waals surface area contributed by atoms with E-state index in [1.165, 1.54) is 0 Å². The van der Waals surface area contributed by atoms with E-state index in [2.05, 4.69) is 5.32 Å². The van der Waals surface area contributed by atoms with Crippen molar-refractivity contribution in [3.63, 3.8) is 0 Å². The van der Waals surface area contributed by atoms with E-state index >= 15 is 0 Å². The van der Waals surface area contributed by atoms with Crippen molar-refractivity contribution in [2.24, 2.45) is 5.73 Å². The summed E-state index contributed by atoms with van der Waals surface area (Å²) in [4.78, 5) is 11.3. The molecule has 1 aromatic rings. The van der Waals surface area contributed by atoms with Crippen molar-refractivity contribution in [1.82, 2.24) is 5.32 Å². The van der Waals surface area contributed by atoms with E-state index in [1.807, 2.05) is 26.0 Å². The minimum absolute atomic E-state index is 0.0151. The van der Waals surface area contributed by atoms with Crippen LogP contribution in [0.2, 0.25) is 0 Å². The van der Waals surface area contributed by atoms with Gasteiger partial charge in [0.25, 0.3) is 0 Å². The molecule has 0 spiro atoms. The van der Waals surface area contributed by atoms with Gasteiger partial charge in [-0.15, -0.1) is 0 Å². The first kappa shape index (κ1) is 11.8. The Balaban J connectivity index is 2.22. The number of nitrogens with one attached hydrogen (secondary N) is 1. The number of amides is 1. The zero-order chi connectivity index (χ0) is 11.3.